The molecule has 2 heterocycles. The van der Waals surface area contributed by atoms with Crippen molar-refractivity contribution < 1.29 is 24.2 Å². The van der Waals surface area contributed by atoms with E-state index in [9.17, 15) is 19.6 Å². The van der Waals surface area contributed by atoms with Crippen molar-refractivity contribution in [2.45, 2.75) is 97.7 Å². The number of ketones is 1. The summed E-state index contributed by atoms with van der Waals surface area (Å²) in [5.41, 5.74) is 5.65. The molecule has 0 amide bonds. The summed E-state index contributed by atoms with van der Waals surface area (Å²) in [5.74, 6) is -1.99. The first-order valence-corrected chi connectivity index (χ1v) is 13.5. The van der Waals surface area contributed by atoms with E-state index in [-0.39, 0.29) is 24.2 Å². The van der Waals surface area contributed by atoms with Crippen molar-refractivity contribution in [2.24, 2.45) is 28.2 Å². The summed E-state index contributed by atoms with van der Waals surface area (Å²) in [6.07, 6.45) is 4.17. The van der Waals surface area contributed by atoms with Gasteiger partial charge in [0.1, 0.15) is 17.9 Å². The number of carbonyl (C=O) groups excluding carboxylic acids is 2. The van der Waals surface area contributed by atoms with Gasteiger partial charge in [0.05, 0.1) is 29.6 Å². The number of nitroso groups, excluding NO2 is 1. The number of nitrogens with two attached hydrogens (primary N) is 1. The van der Waals surface area contributed by atoms with E-state index in [1.807, 2.05) is 39.8 Å². The molecule has 9 heteroatoms. The van der Waals surface area contributed by atoms with Crippen LogP contribution in [-0.4, -0.2) is 46.8 Å². The number of hydrogen-bond acceptors (Lipinski definition) is 9. The summed E-state index contributed by atoms with van der Waals surface area (Å²) in [6, 6.07) is -0.794. The van der Waals surface area contributed by atoms with Gasteiger partial charge in [0.2, 0.25) is 0 Å². The summed E-state index contributed by atoms with van der Waals surface area (Å²) < 4.78 is 11.8. The van der Waals surface area contributed by atoms with Crippen molar-refractivity contribution in [3.8, 4) is 0 Å². The molecule has 0 saturated carbocycles. The predicted molar refractivity (Wildman–Crippen MR) is 147 cm³/mol. The van der Waals surface area contributed by atoms with Crippen molar-refractivity contribution in [2.75, 3.05) is 0 Å². The van der Waals surface area contributed by atoms with Crippen molar-refractivity contribution in [3.63, 3.8) is 0 Å². The molecule has 37 heavy (non-hydrogen) atoms. The van der Waals surface area contributed by atoms with Gasteiger partial charge < -0.3 is 20.3 Å². The predicted octanol–water partition coefficient (Wildman–Crippen LogP) is 5.17. The van der Waals surface area contributed by atoms with E-state index in [1.165, 1.54) is 11.8 Å². The highest BCUT2D eigenvalue weighted by Gasteiger charge is 2.52. The van der Waals surface area contributed by atoms with Gasteiger partial charge >= 0.3 is 5.97 Å². The van der Waals surface area contributed by atoms with Crippen LogP contribution in [0.3, 0.4) is 0 Å². The van der Waals surface area contributed by atoms with Crippen molar-refractivity contribution >= 4 is 23.5 Å². The van der Waals surface area contributed by atoms with Gasteiger partial charge in [-0.15, -0.1) is 11.8 Å². The molecule has 0 bridgehead atoms. The van der Waals surface area contributed by atoms with Gasteiger partial charge in [-0.2, -0.15) is 4.91 Å². The summed E-state index contributed by atoms with van der Waals surface area (Å²) in [5, 5.41) is 15.9. The Morgan fingerprint density at radius 3 is 2.51 bits per heavy atom. The number of nitrogens with zero attached hydrogens (tertiary/aromatic N) is 1. The van der Waals surface area contributed by atoms with Crippen LogP contribution in [0.1, 0.15) is 67.7 Å². The molecule has 0 unspecified atom stereocenters. The molecule has 2 aliphatic rings. The summed E-state index contributed by atoms with van der Waals surface area (Å²) in [6.45, 7) is 16.2. The average molecular weight is 535 g/mol. The van der Waals surface area contributed by atoms with Crippen LogP contribution in [0.4, 0.5) is 0 Å². The van der Waals surface area contributed by atoms with E-state index in [4.69, 9.17) is 15.2 Å². The van der Waals surface area contributed by atoms with Crippen molar-refractivity contribution in [1.82, 2.24) is 0 Å². The number of carbonyl (C=O) groups is 2. The van der Waals surface area contributed by atoms with E-state index in [0.717, 1.165) is 10.5 Å². The minimum atomic E-state index is -1.30. The molecule has 1 fully saturated rings. The van der Waals surface area contributed by atoms with Crippen LogP contribution in [0, 0.1) is 22.2 Å². The first-order valence-electron chi connectivity index (χ1n) is 12.7. The molecule has 0 aromatic carbocycles. The van der Waals surface area contributed by atoms with Crippen LogP contribution >= 0.6 is 11.8 Å². The van der Waals surface area contributed by atoms with Gasteiger partial charge in [0.15, 0.2) is 0 Å². The number of esters is 1. The van der Waals surface area contributed by atoms with Crippen molar-refractivity contribution in [1.29, 1.82) is 0 Å². The lowest BCUT2D eigenvalue weighted by Gasteiger charge is -2.33. The van der Waals surface area contributed by atoms with Gasteiger partial charge in [-0.1, -0.05) is 51.6 Å². The smallest absolute Gasteiger partial charge is 0.309 e. The molecule has 2 aliphatic heterocycles. The van der Waals surface area contributed by atoms with Crippen LogP contribution in [0.25, 0.3) is 0 Å². The third-order valence-corrected chi connectivity index (χ3v) is 8.21. The normalized spacial score (nSPS) is 36.8. The zero-order valence-corrected chi connectivity index (χ0v) is 23.8. The van der Waals surface area contributed by atoms with Gasteiger partial charge in [-0.25, -0.2) is 0 Å². The van der Waals surface area contributed by atoms with Crippen LogP contribution in [0.2, 0.25) is 0 Å². The number of hydrogen-bond donors (Lipinski definition) is 2. The maximum absolute atomic E-state index is 13.3. The van der Waals surface area contributed by atoms with E-state index < -0.39 is 41.2 Å². The number of rotatable bonds is 5. The molecule has 8 nitrogen and oxygen atoms in total. The molecule has 7 atom stereocenters. The minimum Gasteiger partial charge on any atom is -0.458 e. The Bertz CT molecular complexity index is 987. The molecule has 0 spiro atoms. The van der Waals surface area contributed by atoms with Crippen molar-refractivity contribution in [3.05, 3.63) is 51.3 Å². The summed E-state index contributed by atoms with van der Waals surface area (Å²) in [7, 11) is 0. The average Bonchev–Trinajstić information content (AvgIpc) is 3.44. The number of fused-ring (bicyclic) bond motifs is 1. The highest BCUT2D eigenvalue weighted by molar-refractivity contribution is 8.05. The number of Topliss-reactive ketones (excluding diaryl/α,β-unsaturated/α-hetero) is 1. The Morgan fingerprint density at radius 1 is 1.27 bits per heavy atom. The Balaban J connectivity index is 2.39. The molecule has 0 aliphatic carbocycles. The van der Waals surface area contributed by atoms with E-state index in [0.29, 0.717) is 18.5 Å². The minimum absolute atomic E-state index is 0.154. The molecule has 206 valence electrons. The lowest BCUT2D eigenvalue weighted by Crippen LogP contribution is -2.45. The van der Waals surface area contributed by atoms with Gasteiger partial charge in [-0.05, 0) is 49.2 Å². The zero-order valence-electron chi connectivity index (χ0n) is 23.0. The van der Waals surface area contributed by atoms with Crippen LogP contribution in [0.5, 0.6) is 0 Å². The van der Waals surface area contributed by atoms with E-state index >= 15 is 0 Å². The Kier molecular flexibility index (Phi) is 10.5. The van der Waals surface area contributed by atoms with Gasteiger partial charge in [0, 0.05) is 24.0 Å². The monoisotopic (exact) mass is 534 g/mol. The Morgan fingerprint density at radius 2 is 1.92 bits per heavy atom. The highest BCUT2D eigenvalue weighted by atomic mass is 32.2. The second-order valence-corrected chi connectivity index (χ2v) is 12.3. The molecular formula is C28H42N2O6S. The molecule has 2 rings (SSSR count). The fourth-order valence-corrected chi connectivity index (χ4v) is 5.05. The Hall–Kier alpha value is -2.23. The molecule has 0 aromatic heterocycles. The number of allylic oxidation sites excluding steroid dienone is 2. The van der Waals surface area contributed by atoms with Crippen LogP contribution in [0.15, 0.2) is 51.6 Å². The third kappa shape index (κ3) is 8.12. The van der Waals surface area contributed by atoms with Crippen LogP contribution < -0.4 is 5.73 Å². The Labute approximate surface area is 224 Å². The second-order valence-electron chi connectivity index (χ2n) is 11.1. The number of cyclic esters (lactones) is 1. The number of aliphatic hydroxyl groups is 1. The summed E-state index contributed by atoms with van der Waals surface area (Å²) >= 11 is 1.41. The standard InChI is InChI=1S/C28H42N2O6S/c1-16(2)37-15-20(29)12-18(4)21-13-23-28(8,36-23)11-9-10-17(3)25(30-34)19(5)26(33)27(6,7)22(31)14-24(32)35-21/h9-10,12,15,17,19,21-23,25,31H,1,11,13-14,29H2,2-8H3/b10-9+,18-12+,20-15-/t17-,19+,21-,22-,23-,25-,28+/m0/s1. The molecule has 0 radical (unpaired) electrons. The molecule has 0 aromatic rings. The third-order valence-electron chi connectivity index (χ3n) is 7.41. The summed E-state index contributed by atoms with van der Waals surface area (Å²) in [4.78, 5) is 38.8. The van der Waals surface area contributed by atoms with Crippen LogP contribution in [-0.2, 0) is 19.1 Å². The van der Waals surface area contributed by atoms with E-state index in [2.05, 4.69) is 11.8 Å². The largest absolute Gasteiger partial charge is 0.458 e. The first-order chi connectivity index (χ1) is 17.1. The highest BCUT2D eigenvalue weighted by Crippen LogP contribution is 2.44. The SMILES string of the molecule is C=C(C)S/C=C(N)/C=C(\C)[C@@H]1C[C@@H]2O[C@]2(C)C/C=C/[C@H](C)[C@H](N=O)[C@@H](C)C(=O)C(C)(C)[C@@H](O)CC(=O)O1. The topological polar surface area (TPSA) is 132 Å². The fraction of sp³-hybridized carbons (Fsp3) is 0.643. The number of aliphatic hydroxyl groups excluding tert-OH is 1. The molecular weight excluding hydrogens is 492 g/mol. The zero-order chi connectivity index (χ0) is 28.1. The van der Waals surface area contributed by atoms with E-state index in [1.54, 1.807) is 32.3 Å². The molecule has 1 saturated heterocycles. The quantitative estimate of drug-likeness (QED) is 0.162. The number of thioether (sulfide) groups is 1. The number of epoxide rings is 1. The lowest BCUT2D eigenvalue weighted by molar-refractivity contribution is -0.153. The fourth-order valence-electron chi connectivity index (χ4n) is 4.65. The lowest BCUT2D eigenvalue weighted by atomic mass is 9.72. The second kappa shape index (κ2) is 12.5. The number of ether oxygens (including phenoxy) is 2. The maximum Gasteiger partial charge on any atom is 0.309 e. The molecule has 3 N–H and O–H groups in total. The van der Waals surface area contributed by atoms with Gasteiger partial charge in [0.25, 0.3) is 0 Å². The first kappa shape index (κ1) is 31.0. The van der Waals surface area contributed by atoms with Gasteiger partial charge in [-0.3, -0.25) is 9.59 Å². The maximum atomic E-state index is 13.3.